The number of nitrogens with zero attached hydrogens (tertiary/aromatic N) is 1. The Morgan fingerprint density at radius 2 is 2.05 bits per heavy atom. The van der Waals surface area contributed by atoms with Gasteiger partial charge in [0.2, 0.25) is 5.91 Å². The van der Waals surface area contributed by atoms with Gasteiger partial charge in [-0.3, -0.25) is 24.1 Å². The van der Waals surface area contributed by atoms with Crippen LogP contribution in [0.2, 0.25) is 0 Å². The van der Waals surface area contributed by atoms with Gasteiger partial charge in [-0.2, -0.15) is 0 Å². The van der Waals surface area contributed by atoms with Gasteiger partial charge in [0.1, 0.15) is 12.6 Å². The lowest BCUT2D eigenvalue weighted by Crippen LogP contribution is -2.42. The van der Waals surface area contributed by atoms with Crippen molar-refractivity contribution in [3.63, 3.8) is 0 Å². The summed E-state index contributed by atoms with van der Waals surface area (Å²) in [5.74, 6) is -3.92. The van der Waals surface area contributed by atoms with Crippen LogP contribution in [0.25, 0.3) is 0 Å². The van der Waals surface area contributed by atoms with E-state index in [9.17, 15) is 24.0 Å². The van der Waals surface area contributed by atoms with Gasteiger partial charge in [-0.05, 0) is 0 Å². The summed E-state index contributed by atoms with van der Waals surface area (Å²) in [7, 11) is 1.15. The van der Waals surface area contributed by atoms with E-state index in [1.807, 2.05) is 0 Å². The van der Waals surface area contributed by atoms with Gasteiger partial charge in [0.15, 0.2) is 0 Å². The van der Waals surface area contributed by atoms with E-state index in [1.165, 1.54) is 6.92 Å². The summed E-state index contributed by atoms with van der Waals surface area (Å²) in [6, 6.07) is -1.86. The highest BCUT2D eigenvalue weighted by Gasteiger charge is 2.40. The standard InChI is InChI=1S/C12H17N3O7/c1-6(11(19)20)4-13-8(16)5-15-10(18)7(14-12(15)21)3-9(17)22-2/h6-7H,3-5H2,1-2H3,(H,13,16)(H,14,21)(H,19,20). The average molecular weight is 315 g/mol. The van der Waals surface area contributed by atoms with Crippen molar-refractivity contribution in [3.8, 4) is 0 Å². The first kappa shape index (κ1) is 17.4. The molecule has 10 heteroatoms. The molecular formula is C12H17N3O7. The Morgan fingerprint density at radius 1 is 1.41 bits per heavy atom. The predicted octanol–water partition coefficient (Wildman–Crippen LogP) is -1.69. The van der Waals surface area contributed by atoms with Gasteiger partial charge in [-0.25, -0.2) is 4.79 Å². The molecule has 0 saturated carbocycles. The molecule has 0 bridgehead atoms. The van der Waals surface area contributed by atoms with Crippen LogP contribution in [0.3, 0.4) is 0 Å². The van der Waals surface area contributed by atoms with Gasteiger partial charge in [0, 0.05) is 6.54 Å². The number of urea groups is 1. The highest BCUT2D eigenvalue weighted by atomic mass is 16.5. The summed E-state index contributed by atoms with van der Waals surface area (Å²) < 4.78 is 4.40. The molecular weight excluding hydrogens is 298 g/mol. The summed E-state index contributed by atoms with van der Waals surface area (Å²) in [6.45, 7) is 0.737. The van der Waals surface area contributed by atoms with E-state index >= 15 is 0 Å². The number of hydrogen-bond donors (Lipinski definition) is 3. The van der Waals surface area contributed by atoms with Gasteiger partial charge in [-0.1, -0.05) is 6.92 Å². The number of esters is 1. The van der Waals surface area contributed by atoms with E-state index in [0.717, 1.165) is 7.11 Å². The van der Waals surface area contributed by atoms with Crippen LogP contribution >= 0.6 is 0 Å². The molecule has 3 N–H and O–H groups in total. The second kappa shape index (κ2) is 7.38. The fraction of sp³-hybridized carbons (Fsp3) is 0.583. The average Bonchev–Trinajstić information content (AvgIpc) is 2.71. The van der Waals surface area contributed by atoms with E-state index in [2.05, 4.69) is 15.4 Å². The van der Waals surface area contributed by atoms with Gasteiger partial charge in [0.25, 0.3) is 5.91 Å². The quantitative estimate of drug-likeness (QED) is 0.375. The van der Waals surface area contributed by atoms with E-state index in [4.69, 9.17) is 5.11 Å². The van der Waals surface area contributed by atoms with Crippen molar-refractivity contribution in [2.75, 3.05) is 20.2 Å². The first-order chi connectivity index (χ1) is 10.3. The van der Waals surface area contributed by atoms with Crippen molar-refractivity contribution < 1.29 is 33.8 Å². The smallest absolute Gasteiger partial charge is 0.325 e. The van der Waals surface area contributed by atoms with Crippen LogP contribution in [0.1, 0.15) is 13.3 Å². The molecule has 1 aliphatic heterocycles. The van der Waals surface area contributed by atoms with Crippen LogP contribution in [-0.4, -0.2) is 66.0 Å². The zero-order valence-electron chi connectivity index (χ0n) is 12.1. The molecule has 0 aliphatic carbocycles. The van der Waals surface area contributed by atoms with Crippen LogP contribution < -0.4 is 10.6 Å². The van der Waals surface area contributed by atoms with Gasteiger partial charge in [-0.15, -0.1) is 0 Å². The molecule has 1 rings (SSSR count). The van der Waals surface area contributed by atoms with E-state index in [-0.39, 0.29) is 13.0 Å². The number of methoxy groups -OCH3 is 1. The number of carboxylic acids is 1. The maximum atomic E-state index is 11.9. The van der Waals surface area contributed by atoms with E-state index in [0.29, 0.717) is 4.90 Å². The number of imide groups is 1. The molecule has 0 radical (unpaired) electrons. The zero-order chi connectivity index (χ0) is 16.9. The van der Waals surface area contributed by atoms with Crippen molar-refractivity contribution >= 4 is 29.8 Å². The van der Waals surface area contributed by atoms with Crippen LogP contribution in [-0.2, 0) is 23.9 Å². The lowest BCUT2D eigenvalue weighted by Gasteiger charge is -2.13. The number of carboxylic acid groups (broad SMARTS) is 1. The predicted molar refractivity (Wildman–Crippen MR) is 70.5 cm³/mol. The minimum Gasteiger partial charge on any atom is -0.481 e. The number of hydrogen-bond acceptors (Lipinski definition) is 6. The monoisotopic (exact) mass is 315 g/mol. The van der Waals surface area contributed by atoms with Crippen molar-refractivity contribution in [3.05, 3.63) is 0 Å². The second-order valence-corrected chi connectivity index (χ2v) is 4.75. The number of aliphatic carboxylic acids is 1. The number of carbonyl (C=O) groups excluding carboxylic acids is 4. The van der Waals surface area contributed by atoms with Crippen LogP contribution in [0, 0.1) is 5.92 Å². The topological polar surface area (TPSA) is 142 Å². The fourth-order valence-electron chi connectivity index (χ4n) is 1.67. The highest BCUT2D eigenvalue weighted by Crippen LogP contribution is 2.09. The van der Waals surface area contributed by atoms with Gasteiger partial charge >= 0.3 is 18.0 Å². The molecule has 4 amide bonds. The van der Waals surface area contributed by atoms with Gasteiger partial charge in [0.05, 0.1) is 19.4 Å². The largest absolute Gasteiger partial charge is 0.481 e. The SMILES string of the molecule is COC(=O)CC1NC(=O)N(CC(=O)NCC(C)C(=O)O)C1=O. The molecule has 1 fully saturated rings. The number of ether oxygens (including phenoxy) is 1. The Labute approximate surface area is 125 Å². The molecule has 0 aromatic heterocycles. The zero-order valence-corrected chi connectivity index (χ0v) is 12.1. The van der Waals surface area contributed by atoms with Crippen molar-refractivity contribution in [2.24, 2.45) is 5.92 Å². The third kappa shape index (κ3) is 4.43. The Kier molecular flexibility index (Phi) is 5.84. The van der Waals surface area contributed by atoms with E-state index < -0.39 is 48.3 Å². The molecule has 122 valence electrons. The van der Waals surface area contributed by atoms with E-state index in [1.54, 1.807) is 0 Å². The molecule has 0 aromatic rings. The summed E-state index contributed by atoms with van der Waals surface area (Å²) in [5, 5.41) is 13.3. The Morgan fingerprint density at radius 3 is 2.59 bits per heavy atom. The van der Waals surface area contributed by atoms with Crippen LogP contribution in [0.15, 0.2) is 0 Å². The normalized spacial score (nSPS) is 18.6. The maximum absolute atomic E-state index is 11.9. The summed E-state index contributed by atoms with van der Waals surface area (Å²) in [4.78, 5) is 57.5. The van der Waals surface area contributed by atoms with Crippen molar-refractivity contribution in [1.29, 1.82) is 0 Å². The van der Waals surface area contributed by atoms with Gasteiger partial charge < -0.3 is 20.5 Å². The Hall–Kier alpha value is -2.65. The summed E-state index contributed by atoms with van der Waals surface area (Å²) in [6.07, 6.45) is -0.324. The number of carbonyl (C=O) groups is 5. The molecule has 2 unspecified atom stereocenters. The minimum atomic E-state index is -1.08. The number of amides is 4. The molecule has 1 heterocycles. The van der Waals surface area contributed by atoms with Crippen molar-refractivity contribution in [1.82, 2.24) is 15.5 Å². The fourth-order valence-corrected chi connectivity index (χ4v) is 1.67. The molecule has 0 spiro atoms. The highest BCUT2D eigenvalue weighted by molar-refractivity contribution is 6.07. The molecule has 1 aliphatic rings. The Bertz CT molecular complexity index is 505. The molecule has 1 saturated heterocycles. The lowest BCUT2D eigenvalue weighted by molar-refractivity contribution is -0.143. The van der Waals surface area contributed by atoms with Crippen molar-refractivity contribution in [2.45, 2.75) is 19.4 Å². The number of nitrogens with one attached hydrogen (secondary N) is 2. The number of rotatable bonds is 7. The molecule has 22 heavy (non-hydrogen) atoms. The third-order valence-electron chi connectivity index (χ3n) is 3.03. The Balaban J connectivity index is 2.53. The molecule has 10 nitrogen and oxygen atoms in total. The van der Waals surface area contributed by atoms with Crippen LogP contribution in [0.5, 0.6) is 0 Å². The first-order valence-electron chi connectivity index (χ1n) is 6.44. The third-order valence-corrected chi connectivity index (χ3v) is 3.03. The maximum Gasteiger partial charge on any atom is 0.325 e. The minimum absolute atomic E-state index is 0.122. The first-order valence-corrected chi connectivity index (χ1v) is 6.44. The molecule has 2 atom stereocenters. The summed E-state index contributed by atoms with van der Waals surface area (Å²) >= 11 is 0. The lowest BCUT2D eigenvalue weighted by atomic mass is 10.2. The second-order valence-electron chi connectivity index (χ2n) is 4.75. The molecule has 0 aromatic carbocycles. The van der Waals surface area contributed by atoms with Crippen LogP contribution in [0.4, 0.5) is 4.79 Å². The summed E-state index contributed by atoms with van der Waals surface area (Å²) in [5.41, 5.74) is 0.